The van der Waals surface area contributed by atoms with Crippen LogP contribution in [-0.4, -0.2) is 71.1 Å². The summed E-state index contributed by atoms with van der Waals surface area (Å²) in [6.07, 6.45) is -1.56. The molecule has 0 bridgehead atoms. The Morgan fingerprint density at radius 2 is 1.85 bits per heavy atom. The van der Waals surface area contributed by atoms with Gasteiger partial charge in [0.05, 0.1) is 5.52 Å². The second-order valence-corrected chi connectivity index (χ2v) is 9.44. The molecular formula is C25H29F3N8O4. The van der Waals surface area contributed by atoms with Gasteiger partial charge in [0.25, 0.3) is 0 Å². The minimum atomic E-state index is -5.08. The molecule has 1 unspecified atom stereocenters. The fourth-order valence-electron chi connectivity index (χ4n) is 4.05. The number of benzene rings is 1. The molecule has 0 radical (unpaired) electrons. The first-order valence-corrected chi connectivity index (χ1v) is 12.2. The molecule has 1 aromatic carbocycles. The maximum Gasteiger partial charge on any atom is 0.490 e. The van der Waals surface area contributed by atoms with Gasteiger partial charge in [-0.25, -0.2) is 19.6 Å². The summed E-state index contributed by atoms with van der Waals surface area (Å²) in [5, 5.41) is 13.8. The Balaban J connectivity index is 0.000000470. The number of aliphatic carboxylic acids is 1. The Kier molecular flexibility index (Phi) is 7.88. The van der Waals surface area contributed by atoms with E-state index < -0.39 is 23.7 Å². The molecule has 2 aliphatic heterocycles. The van der Waals surface area contributed by atoms with Crippen molar-refractivity contribution in [1.82, 2.24) is 19.8 Å². The number of carbonyl (C=O) groups is 1. The van der Waals surface area contributed by atoms with Crippen molar-refractivity contribution in [3.05, 3.63) is 64.0 Å². The molecule has 214 valence electrons. The van der Waals surface area contributed by atoms with Crippen LogP contribution in [0.5, 0.6) is 0 Å². The first-order chi connectivity index (χ1) is 18.8. The van der Waals surface area contributed by atoms with E-state index in [9.17, 15) is 18.0 Å². The number of likely N-dealkylation sites (N-methyl/N-ethyl adjacent to an activating group) is 1. The number of aliphatic imine (C=N–C) groups is 1. The number of rotatable bonds is 4. The second kappa shape index (κ2) is 11.0. The molecule has 4 heterocycles. The highest BCUT2D eigenvalue weighted by molar-refractivity contribution is 5.83. The topological polar surface area (TPSA) is 154 Å². The van der Waals surface area contributed by atoms with Gasteiger partial charge >= 0.3 is 17.9 Å². The molecule has 5 N–H and O–H groups in total. The van der Waals surface area contributed by atoms with Crippen LogP contribution in [0.3, 0.4) is 0 Å². The minimum Gasteiger partial charge on any atom is -0.475 e. The van der Waals surface area contributed by atoms with Gasteiger partial charge in [0.15, 0.2) is 5.58 Å². The van der Waals surface area contributed by atoms with E-state index in [2.05, 4.69) is 37.5 Å². The van der Waals surface area contributed by atoms with Gasteiger partial charge in [-0.2, -0.15) is 13.2 Å². The minimum absolute atomic E-state index is 0.394. The summed E-state index contributed by atoms with van der Waals surface area (Å²) >= 11 is 0. The maximum absolute atomic E-state index is 11.8. The Hall–Kier alpha value is -4.37. The molecule has 0 aliphatic carbocycles. The molecule has 12 nitrogen and oxygen atoms in total. The van der Waals surface area contributed by atoms with Gasteiger partial charge in [0, 0.05) is 68.5 Å². The molecule has 5 rings (SSSR count). The van der Waals surface area contributed by atoms with Crippen LogP contribution in [0.25, 0.3) is 11.1 Å². The number of hydrogen-bond acceptors (Lipinski definition) is 10. The highest BCUT2D eigenvalue weighted by Gasteiger charge is 2.38. The number of nitrogens with two attached hydrogens (primary N) is 1. The maximum atomic E-state index is 11.8. The number of fused-ring (bicyclic) bond motifs is 1. The van der Waals surface area contributed by atoms with Crippen molar-refractivity contribution in [2.75, 3.05) is 43.4 Å². The summed E-state index contributed by atoms with van der Waals surface area (Å²) in [4.78, 5) is 34.5. The third kappa shape index (κ3) is 6.26. The number of oxazole rings is 1. The second-order valence-electron chi connectivity index (χ2n) is 9.44. The number of nitrogens with one attached hydrogen (secondary N) is 2. The average molecular weight is 563 g/mol. The largest absolute Gasteiger partial charge is 0.490 e. The third-order valence-corrected chi connectivity index (χ3v) is 6.49. The van der Waals surface area contributed by atoms with E-state index in [1.54, 1.807) is 25.5 Å². The van der Waals surface area contributed by atoms with Gasteiger partial charge in [0.2, 0.25) is 5.79 Å². The summed E-state index contributed by atoms with van der Waals surface area (Å²) in [6.45, 7) is 5.89. The molecule has 2 aliphatic rings. The van der Waals surface area contributed by atoms with Crippen LogP contribution in [0.1, 0.15) is 12.5 Å². The lowest BCUT2D eigenvalue weighted by Crippen LogP contribution is -2.52. The van der Waals surface area contributed by atoms with Crippen LogP contribution < -0.4 is 27.0 Å². The van der Waals surface area contributed by atoms with Crippen LogP contribution >= 0.6 is 0 Å². The van der Waals surface area contributed by atoms with Crippen molar-refractivity contribution in [3.63, 3.8) is 0 Å². The molecule has 0 saturated carbocycles. The van der Waals surface area contributed by atoms with Gasteiger partial charge in [-0.15, -0.1) is 0 Å². The summed E-state index contributed by atoms with van der Waals surface area (Å²) in [5.41, 5.74) is 10.3. The molecule has 1 fully saturated rings. The Morgan fingerprint density at radius 1 is 1.18 bits per heavy atom. The van der Waals surface area contributed by atoms with Crippen LogP contribution in [0.15, 0.2) is 62.1 Å². The lowest BCUT2D eigenvalue weighted by molar-refractivity contribution is -0.192. The van der Waals surface area contributed by atoms with Crippen molar-refractivity contribution < 1.29 is 27.5 Å². The van der Waals surface area contributed by atoms with E-state index >= 15 is 0 Å². The number of aromatic nitrogens is 2. The van der Waals surface area contributed by atoms with Crippen LogP contribution in [0.2, 0.25) is 0 Å². The number of hydrogen-bond donors (Lipinski definition) is 4. The first kappa shape index (κ1) is 28.6. The van der Waals surface area contributed by atoms with Crippen LogP contribution in [0, 0.1) is 0 Å². The Morgan fingerprint density at radius 3 is 2.45 bits per heavy atom. The van der Waals surface area contributed by atoms with Gasteiger partial charge < -0.3 is 30.0 Å². The quantitative estimate of drug-likeness (QED) is 0.371. The number of allylic oxidation sites excluding steroid dienone is 1. The van der Waals surface area contributed by atoms with Crippen molar-refractivity contribution in [3.8, 4) is 0 Å². The lowest BCUT2D eigenvalue weighted by atomic mass is 10.1. The fourth-order valence-corrected chi connectivity index (χ4v) is 4.05. The standard InChI is InChI=1S/C23H28N8O2.C2HF3O2/c1-15-13-26-23(24,16-4-7-20(25-14-16)31-10-8-29(2)9-11-31)28-21(15)27-17-5-6-18-19(12-17)33-22(32)30(18)3;3-2(4,5)1(6)7/h4-7,12-14,27-28H,8-11,24H2,1-3H3;(H,6,7). The molecule has 1 atom stereocenters. The third-order valence-electron chi connectivity index (χ3n) is 6.49. The monoisotopic (exact) mass is 562 g/mol. The normalized spacial score (nSPS) is 19.7. The fraction of sp³-hybridized carbons (Fsp3) is 0.360. The van der Waals surface area contributed by atoms with Gasteiger partial charge in [-0.1, -0.05) is 0 Å². The smallest absolute Gasteiger partial charge is 0.475 e. The first-order valence-electron chi connectivity index (χ1n) is 12.2. The number of alkyl halides is 3. The lowest BCUT2D eigenvalue weighted by Gasteiger charge is -2.35. The van der Waals surface area contributed by atoms with E-state index in [1.807, 2.05) is 31.2 Å². The molecule has 0 amide bonds. The summed E-state index contributed by atoms with van der Waals surface area (Å²) in [6, 6.07) is 9.47. The Bertz CT molecular complexity index is 1500. The van der Waals surface area contributed by atoms with Crippen LogP contribution in [-0.2, 0) is 17.6 Å². The van der Waals surface area contributed by atoms with Crippen LogP contribution in [0.4, 0.5) is 24.7 Å². The van der Waals surface area contributed by atoms with E-state index in [0.717, 1.165) is 54.3 Å². The van der Waals surface area contributed by atoms with Gasteiger partial charge in [-0.05, 0) is 38.2 Å². The zero-order valence-corrected chi connectivity index (χ0v) is 22.0. The van der Waals surface area contributed by atoms with Gasteiger partial charge in [0.1, 0.15) is 11.6 Å². The number of carboxylic acid groups (broad SMARTS) is 1. The zero-order chi connectivity index (χ0) is 29.2. The zero-order valence-electron chi connectivity index (χ0n) is 22.0. The van der Waals surface area contributed by atoms with Crippen molar-refractivity contribution >= 4 is 34.8 Å². The van der Waals surface area contributed by atoms with E-state index in [-0.39, 0.29) is 0 Å². The van der Waals surface area contributed by atoms with E-state index in [0.29, 0.717) is 11.4 Å². The Labute approximate surface area is 226 Å². The number of pyridine rings is 1. The van der Waals surface area contributed by atoms with Gasteiger partial charge in [-0.3, -0.25) is 10.3 Å². The SMILES string of the molecule is CC1=C(Nc2ccc3c(c2)oc(=O)n3C)NC(N)(c2ccc(N3CCN(C)CC3)nc2)N=C1.O=C(O)C(F)(F)F. The molecule has 3 aromatic rings. The molecule has 2 aromatic heterocycles. The number of aryl methyl sites for hydroxylation is 1. The number of carboxylic acids is 1. The molecule has 40 heavy (non-hydrogen) atoms. The highest BCUT2D eigenvalue weighted by atomic mass is 19.4. The molecule has 1 saturated heterocycles. The van der Waals surface area contributed by atoms with E-state index in [1.165, 1.54) is 4.57 Å². The van der Waals surface area contributed by atoms with Crippen molar-refractivity contribution in [2.45, 2.75) is 18.9 Å². The summed E-state index contributed by atoms with van der Waals surface area (Å²) in [7, 11) is 3.81. The number of nitrogens with zero attached hydrogens (tertiary/aromatic N) is 5. The predicted octanol–water partition coefficient (Wildman–Crippen LogP) is 2.00. The van der Waals surface area contributed by atoms with Crippen molar-refractivity contribution in [2.24, 2.45) is 17.8 Å². The summed E-state index contributed by atoms with van der Waals surface area (Å²) in [5.74, 6) is -2.65. The molecular weight excluding hydrogens is 533 g/mol. The predicted molar refractivity (Wildman–Crippen MR) is 143 cm³/mol. The van der Waals surface area contributed by atoms with E-state index in [4.69, 9.17) is 20.1 Å². The molecule has 0 spiro atoms. The van der Waals surface area contributed by atoms with Crippen molar-refractivity contribution in [1.29, 1.82) is 0 Å². The highest BCUT2D eigenvalue weighted by Crippen LogP contribution is 2.26. The number of piperazine rings is 1. The number of halogens is 3. The number of anilines is 2. The molecule has 15 heteroatoms. The summed E-state index contributed by atoms with van der Waals surface area (Å²) < 4.78 is 38.5. The average Bonchev–Trinajstić information content (AvgIpc) is 3.19.